The van der Waals surface area contributed by atoms with Crippen LogP contribution >= 0.6 is 0 Å². The first-order valence-corrected chi connectivity index (χ1v) is 15.8. The van der Waals surface area contributed by atoms with Gasteiger partial charge >= 0.3 is 0 Å². The molecule has 2 heterocycles. The van der Waals surface area contributed by atoms with Crippen molar-refractivity contribution in [2.75, 3.05) is 27.2 Å². The number of nitrogens with one attached hydrogen (secondary N) is 4. The number of hydrogen-bond acceptors (Lipinski definition) is 7. The van der Waals surface area contributed by atoms with Gasteiger partial charge in [-0.1, -0.05) is 26.0 Å². The van der Waals surface area contributed by atoms with Gasteiger partial charge in [-0.15, -0.1) is 10.2 Å². The number of rotatable bonds is 9. The molecule has 1 aliphatic heterocycles. The summed E-state index contributed by atoms with van der Waals surface area (Å²) in [5.74, 6) is 1.65. The van der Waals surface area contributed by atoms with Crippen LogP contribution in [0.25, 0.3) is 0 Å². The molecule has 1 saturated heterocycles. The summed E-state index contributed by atoms with van der Waals surface area (Å²) in [7, 11) is 3.24. The molecule has 2 aromatic carbocycles. The Kier molecular flexibility index (Phi) is 8.18. The maximum atomic E-state index is 13.3. The summed E-state index contributed by atoms with van der Waals surface area (Å²) < 4.78 is 0. The molecule has 2 fully saturated rings. The van der Waals surface area contributed by atoms with Gasteiger partial charge in [0.05, 0.1) is 18.0 Å². The molecule has 45 heavy (non-hydrogen) atoms. The number of aromatic amines is 1. The molecule has 1 aromatic heterocycles. The highest BCUT2D eigenvalue weighted by Gasteiger charge is 2.54. The molecular weight excluding hydrogens is 568 g/mol. The van der Waals surface area contributed by atoms with Gasteiger partial charge in [0.1, 0.15) is 17.7 Å². The molecule has 0 unspecified atom stereocenters. The van der Waals surface area contributed by atoms with E-state index in [1.54, 1.807) is 19.0 Å². The second kappa shape index (κ2) is 12.1. The lowest BCUT2D eigenvalue weighted by molar-refractivity contribution is -0.131. The number of benzene rings is 2. The highest BCUT2D eigenvalue weighted by molar-refractivity contribution is 5.95. The molecule has 0 radical (unpaired) electrons. The fourth-order valence-electron chi connectivity index (χ4n) is 7.28. The normalized spacial score (nSPS) is 20.8. The highest BCUT2D eigenvalue weighted by Crippen LogP contribution is 2.48. The fourth-order valence-corrected chi connectivity index (χ4v) is 7.28. The third-order valence-corrected chi connectivity index (χ3v) is 9.72. The van der Waals surface area contributed by atoms with Crippen LogP contribution in [-0.4, -0.2) is 77.1 Å². The van der Waals surface area contributed by atoms with Crippen LogP contribution in [0, 0.1) is 17.2 Å². The second-order valence-electron chi connectivity index (χ2n) is 12.7. The Balaban J connectivity index is 1.42. The van der Waals surface area contributed by atoms with E-state index in [1.165, 1.54) is 0 Å². The van der Waals surface area contributed by atoms with Gasteiger partial charge in [-0.2, -0.15) is 5.26 Å². The van der Waals surface area contributed by atoms with Crippen molar-refractivity contribution in [2.45, 2.75) is 69.4 Å². The Morgan fingerprint density at radius 3 is 2.16 bits per heavy atom. The van der Waals surface area contributed by atoms with E-state index in [4.69, 9.17) is 5.10 Å². The number of amides is 3. The molecule has 3 atom stereocenters. The van der Waals surface area contributed by atoms with E-state index in [0.717, 1.165) is 40.9 Å². The molecule has 6 rings (SSSR count). The lowest BCUT2D eigenvalue weighted by atomic mass is 9.69. The minimum absolute atomic E-state index is 0.0468. The summed E-state index contributed by atoms with van der Waals surface area (Å²) in [6.45, 7) is 4.72. The van der Waals surface area contributed by atoms with Crippen molar-refractivity contribution < 1.29 is 14.4 Å². The maximum Gasteiger partial charge on any atom is 0.251 e. The van der Waals surface area contributed by atoms with Gasteiger partial charge in [-0.3, -0.25) is 14.4 Å². The first-order chi connectivity index (χ1) is 21.7. The third kappa shape index (κ3) is 5.37. The number of piperidine rings is 1. The topological polar surface area (TPSA) is 156 Å². The summed E-state index contributed by atoms with van der Waals surface area (Å²) in [5.41, 5.74) is 4.37. The van der Waals surface area contributed by atoms with Crippen LogP contribution in [0.3, 0.4) is 0 Å². The molecule has 3 aromatic rings. The number of carbonyl (C=O) groups is 3. The zero-order valence-corrected chi connectivity index (χ0v) is 26.2. The summed E-state index contributed by atoms with van der Waals surface area (Å²) in [4.78, 5) is 43.9. The van der Waals surface area contributed by atoms with Crippen molar-refractivity contribution in [3.63, 3.8) is 0 Å². The molecule has 11 heteroatoms. The summed E-state index contributed by atoms with van der Waals surface area (Å²) in [5, 5.41) is 27.7. The molecule has 3 aliphatic rings. The summed E-state index contributed by atoms with van der Waals surface area (Å²) in [6, 6.07) is 13.8. The van der Waals surface area contributed by atoms with Crippen LogP contribution < -0.4 is 16.0 Å². The van der Waals surface area contributed by atoms with E-state index < -0.39 is 5.41 Å². The van der Waals surface area contributed by atoms with E-state index in [0.29, 0.717) is 48.7 Å². The molecule has 2 aliphatic carbocycles. The highest BCUT2D eigenvalue weighted by atomic mass is 16.2. The Morgan fingerprint density at radius 1 is 1.00 bits per heavy atom. The van der Waals surface area contributed by atoms with Crippen LogP contribution in [-0.2, 0) is 23.1 Å². The minimum atomic E-state index is -0.815. The molecule has 234 valence electrons. The number of hydrogen-bond donors (Lipinski definition) is 4. The lowest BCUT2D eigenvalue weighted by Gasteiger charge is -2.35. The molecule has 11 nitrogen and oxygen atoms in total. The number of nitriles is 1. The number of likely N-dealkylation sites (tertiary alicyclic amines) is 1. The number of aromatic nitrogens is 3. The SMILES string of the molecule is CNC(=O)c1ccc2c(c1)CCc1cc(C(=O)NC)ccc1C2(CCNCC(=O)N1[C@H](C#N)C[C@@H]2C[C@@H]21)c1nnc(C(C)C)[nH]1. The molecular formula is C34H40N8O3. The van der Waals surface area contributed by atoms with Crippen LogP contribution in [0.5, 0.6) is 0 Å². The van der Waals surface area contributed by atoms with Crippen molar-refractivity contribution in [1.82, 2.24) is 36.0 Å². The maximum absolute atomic E-state index is 13.3. The van der Waals surface area contributed by atoms with Gasteiger partial charge in [0.25, 0.3) is 11.8 Å². The standard InChI is InChI=1S/C34H40N8O3/c1-19(2)30-39-33(41-40-30)34(11-12-38-18-29(43)42-25(17-35)15-24-16-28(24)42)26-9-7-22(31(44)36-3)13-20(26)5-6-21-14-23(32(45)37-4)8-10-27(21)34/h7-10,13-14,19,24-25,28,38H,5-6,11-12,15-16,18H2,1-4H3,(H,36,44)(H,37,45)(H,39,40,41)/t24-,25+,28+/m1/s1. The Bertz CT molecular complexity index is 1620. The largest absolute Gasteiger partial charge is 0.355 e. The number of fused-ring (bicyclic) bond motifs is 3. The van der Waals surface area contributed by atoms with E-state index >= 15 is 0 Å². The quantitative estimate of drug-likeness (QED) is 0.272. The first kappa shape index (κ1) is 30.5. The van der Waals surface area contributed by atoms with Gasteiger partial charge in [-0.25, -0.2) is 0 Å². The average Bonchev–Trinajstić information content (AvgIpc) is 3.48. The Hall–Kier alpha value is -4.56. The Labute approximate surface area is 263 Å². The van der Waals surface area contributed by atoms with Crippen molar-refractivity contribution >= 4 is 17.7 Å². The number of carbonyl (C=O) groups excluding carboxylic acids is 3. The van der Waals surface area contributed by atoms with Crippen LogP contribution in [0.1, 0.15) is 93.6 Å². The third-order valence-electron chi connectivity index (χ3n) is 9.72. The molecule has 3 amide bonds. The van der Waals surface area contributed by atoms with Crippen LogP contribution in [0.2, 0.25) is 0 Å². The van der Waals surface area contributed by atoms with Crippen molar-refractivity contribution in [1.29, 1.82) is 5.26 Å². The zero-order valence-electron chi connectivity index (χ0n) is 26.2. The predicted molar refractivity (Wildman–Crippen MR) is 168 cm³/mol. The fraction of sp³-hybridized carbons (Fsp3) is 0.471. The van der Waals surface area contributed by atoms with Crippen molar-refractivity contribution in [3.05, 3.63) is 81.4 Å². The van der Waals surface area contributed by atoms with Gasteiger partial charge in [-0.05, 0) is 91.1 Å². The Morgan fingerprint density at radius 2 is 1.62 bits per heavy atom. The van der Waals surface area contributed by atoms with E-state index in [-0.39, 0.29) is 42.3 Å². The average molecular weight is 609 g/mol. The predicted octanol–water partition coefficient (Wildman–Crippen LogP) is 2.57. The summed E-state index contributed by atoms with van der Waals surface area (Å²) >= 11 is 0. The summed E-state index contributed by atoms with van der Waals surface area (Å²) in [6.07, 6.45) is 3.61. The van der Waals surface area contributed by atoms with Gasteiger partial charge in [0, 0.05) is 37.2 Å². The van der Waals surface area contributed by atoms with Gasteiger partial charge < -0.3 is 25.8 Å². The lowest BCUT2D eigenvalue weighted by Crippen LogP contribution is -2.44. The minimum Gasteiger partial charge on any atom is -0.355 e. The molecule has 1 saturated carbocycles. The van der Waals surface area contributed by atoms with E-state index in [2.05, 4.69) is 45.9 Å². The second-order valence-corrected chi connectivity index (χ2v) is 12.7. The molecule has 4 N–H and O–H groups in total. The monoisotopic (exact) mass is 608 g/mol. The van der Waals surface area contributed by atoms with Crippen LogP contribution in [0.15, 0.2) is 36.4 Å². The first-order valence-electron chi connectivity index (χ1n) is 15.8. The molecule has 0 spiro atoms. The van der Waals surface area contributed by atoms with Crippen molar-refractivity contribution in [3.8, 4) is 6.07 Å². The van der Waals surface area contributed by atoms with Crippen molar-refractivity contribution in [2.24, 2.45) is 5.92 Å². The van der Waals surface area contributed by atoms with Crippen LogP contribution in [0.4, 0.5) is 0 Å². The number of aryl methyl sites for hydroxylation is 2. The number of H-pyrrole nitrogens is 1. The zero-order chi connectivity index (χ0) is 31.9. The van der Waals surface area contributed by atoms with E-state index in [9.17, 15) is 19.6 Å². The van der Waals surface area contributed by atoms with Gasteiger partial charge in [0.15, 0.2) is 0 Å². The smallest absolute Gasteiger partial charge is 0.251 e. The number of nitrogens with zero attached hydrogens (tertiary/aromatic N) is 4. The molecule has 0 bridgehead atoms. The van der Waals surface area contributed by atoms with E-state index in [1.807, 2.05) is 36.4 Å². The van der Waals surface area contributed by atoms with Gasteiger partial charge in [0.2, 0.25) is 5.91 Å².